The quantitative estimate of drug-likeness (QED) is 0.740. The molecule has 3 rings (SSSR count). The first kappa shape index (κ1) is 9.59. The molecule has 84 valence electrons. The first-order valence-corrected chi connectivity index (χ1v) is 5.64. The zero-order chi connectivity index (χ0) is 11.0. The highest BCUT2D eigenvalue weighted by Gasteiger charge is 2.19. The third kappa shape index (κ3) is 1.44. The molecule has 0 aliphatic carbocycles. The van der Waals surface area contributed by atoms with E-state index in [1.807, 2.05) is 12.4 Å². The molecule has 2 aromatic rings. The summed E-state index contributed by atoms with van der Waals surface area (Å²) >= 11 is 0. The molecule has 0 radical (unpaired) electrons. The third-order valence-corrected chi connectivity index (χ3v) is 3.18. The fourth-order valence-electron chi connectivity index (χ4n) is 2.34. The van der Waals surface area contributed by atoms with Crippen molar-refractivity contribution in [3.63, 3.8) is 0 Å². The van der Waals surface area contributed by atoms with Crippen molar-refractivity contribution in [2.24, 2.45) is 0 Å². The fourth-order valence-corrected chi connectivity index (χ4v) is 2.34. The number of hydrogen-bond acceptors (Lipinski definition) is 4. The van der Waals surface area contributed by atoms with Crippen LogP contribution in [0.4, 0.5) is 5.82 Å². The largest absolute Gasteiger partial charge is 0.382 e. The van der Waals surface area contributed by atoms with Gasteiger partial charge in [0.2, 0.25) is 0 Å². The van der Waals surface area contributed by atoms with Crippen LogP contribution in [0.15, 0.2) is 18.6 Å². The van der Waals surface area contributed by atoms with Crippen molar-refractivity contribution < 1.29 is 0 Å². The van der Waals surface area contributed by atoms with E-state index < -0.39 is 0 Å². The maximum absolute atomic E-state index is 5.81. The fraction of sp³-hybridized carbons (Fsp3) is 0.455. The minimum Gasteiger partial charge on any atom is -0.382 e. The number of hydrogen-bond donors (Lipinski definition) is 2. The Morgan fingerprint density at radius 1 is 1.44 bits per heavy atom. The average Bonchev–Trinajstić information content (AvgIpc) is 2.75. The van der Waals surface area contributed by atoms with Gasteiger partial charge in [-0.3, -0.25) is 4.40 Å². The number of nitrogen functional groups attached to an aromatic ring is 1. The van der Waals surface area contributed by atoms with Crippen LogP contribution in [0.3, 0.4) is 0 Å². The highest BCUT2D eigenvalue weighted by Crippen LogP contribution is 2.24. The van der Waals surface area contributed by atoms with E-state index in [2.05, 4.69) is 19.7 Å². The van der Waals surface area contributed by atoms with Crippen LogP contribution in [-0.4, -0.2) is 27.5 Å². The minimum atomic E-state index is 0.484. The number of nitrogens with zero attached hydrogens (tertiary/aromatic N) is 3. The Bertz CT molecular complexity index is 498. The highest BCUT2D eigenvalue weighted by atomic mass is 15.1. The van der Waals surface area contributed by atoms with Gasteiger partial charge in [0, 0.05) is 24.9 Å². The SMILES string of the molecule is Nc1nccn2c(C3CCCNC3)ncc12. The molecule has 1 aliphatic heterocycles. The lowest BCUT2D eigenvalue weighted by molar-refractivity contribution is 0.445. The van der Waals surface area contributed by atoms with Gasteiger partial charge in [0.05, 0.1) is 6.20 Å². The van der Waals surface area contributed by atoms with Gasteiger partial charge in [0.15, 0.2) is 0 Å². The van der Waals surface area contributed by atoms with Gasteiger partial charge in [0.25, 0.3) is 0 Å². The smallest absolute Gasteiger partial charge is 0.149 e. The molecule has 5 heteroatoms. The number of nitrogens with two attached hydrogens (primary N) is 1. The molecule has 1 atom stereocenters. The maximum Gasteiger partial charge on any atom is 0.149 e. The van der Waals surface area contributed by atoms with Crippen molar-refractivity contribution in [3.05, 3.63) is 24.4 Å². The van der Waals surface area contributed by atoms with Gasteiger partial charge in [-0.05, 0) is 19.4 Å². The Labute approximate surface area is 93.7 Å². The van der Waals surface area contributed by atoms with Crippen LogP contribution in [0, 0.1) is 0 Å². The van der Waals surface area contributed by atoms with E-state index in [4.69, 9.17) is 5.73 Å². The summed E-state index contributed by atoms with van der Waals surface area (Å²) in [6.45, 7) is 2.12. The summed E-state index contributed by atoms with van der Waals surface area (Å²) < 4.78 is 2.06. The molecule has 0 amide bonds. The predicted octanol–water partition coefficient (Wildman–Crippen LogP) is 0.778. The van der Waals surface area contributed by atoms with Crippen molar-refractivity contribution in [2.45, 2.75) is 18.8 Å². The average molecular weight is 217 g/mol. The molecule has 0 bridgehead atoms. The number of aromatic nitrogens is 3. The molecule has 1 unspecified atom stereocenters. The second-order valence-electron chi connectivity index (χ2n) is 4.23. The molecule has 1 aliphatic rings. The molecule has 2 aromatic heterocycles. The van der Waals surface area contributed by atoms with E-state index >= 15 is 0 Å². The number of anilines is 1. The summed E-state index contributed by atoms with van der Waals surface area (Å²) in [4.78, 5) is 8.55. The van der Waals surface area contributed by atoms with E-state index in [-0.39, 0.29) is 0 Å². The molecule has 0 aromatic carbocycles. The zero-order valence-corrected chi connectivity index (χ0v) is 9.06. The molecular weight excluding hydrogens is 202 g/mol. The lowest BCUT2D eigenvalue weighted by Crippen LogP contribution is -2.29. The second-order valence-corrected chi connectivity index (χ2v) is 4.23. The summed E-state index contributed by atoms with van der Waals surface area (Å²) in [6.07, 6.45) is 7.87. The van der Waals surface area contributed by atoms with Gasteiger partial charge in [0.1, 0.15) is 17.2 Å². The lowest BCUT2D eigenvalue weighted by Gasteiger charge is -2.21. The van der Waals surface area contributed by atoms with Crippen molar-refractivity contribution in [1.29, 1.82) is 0 Å². The molecule has 1 fully saturated rings. The Hall–Kier alpha value is -1.62. The number of rotatable bonds is 1. The maximum atomic E-state index is 5.81. The van der Waals surface area contributed by atoms with Crippen molar-refractivity contribution in [1.82, 2.24) is 19.7 Å². The Morgan fingerprint density at radius 2 is 2.38 bits per heavy atom. The van der Waals surface area contributed by atoms with Gasteiger partial charge in [-0.15, -0.1) is 0 Å². The molecular formula is C11H15N5. The summed E-state index contributed by atoms with van der Waals surface area (Å²) in [6, 6.07) is 0. The van der Waals surface area contributed by atoms with Crippen LogP contribution >= 0.6 is 0 Å². The van der Waals surface area contributed by atoms with E-state index in [9.17, 15) is 0 Å². The predicted molar refractivity (Wildman–Crippen MR) is 62.2 cm³/mol. The normalized spacial score (nSPS) is 21.4. The molecule has 3 heterocycles. The number of imidazole rings is 1. The van der Waals surface area contributed by atoms with E-state index in [1.54, 1.807) is 6.20 Å². The molecule has 16 heavy (non-hydrogen) atoms. The van der Waals surface area contributed by atoms with Gasteiger partial charge in [-0.25, -0.2) is 9.97 Å². The molecule has 3 N–H and O–H groups in total. The van der Waals surface area contributed by atoms with E-state index in [1.165, 1.54) is 12.8 Å². The Kier molecular flexibility index (Phi) is 2.25. The number of nitrogens with one attached hydrogen (secondary N) is 1. The van der Waals surface area contributed by atoms with Crippen LogP contribution in [-0.2, 0) is 0 Å². The Balaban J connectivity index is 2.06. The van der Waals surface area contributed by atoms with E-state index in [0.29, 0.717) is 11.7 Å². The van der Waals surface area contributed by atoms with Crippen LogP contribution in [0.5, 0.6) is 0 Å². The van der Waals surface area contributed by atoms with Gasteiger partial charge < -0.3 is 11.1 Å². The first-order chi connectivity index (χ1) is 7.86. The number of piperidine rings is 1. The second kappa shape index (κ2) is 3.75. The van der Waals surface area contributed by atoms with Crippen LogP contribution in [0.2, 0.25) is 0 Å². The standard InChI is InChI=1S/C11H15N5/c12-10-9-7-15-11(16(9)5-4-14-10)8-2-1-3-13-6-8/h4-5,7-8,13H,1-3,6H2,(H2,12,14). The molecule has 5 nitrogen and oxygen atoms in total. The summed E-state index contributed by atoms with van der Waals surface area (Å²) in [5.74, 6) is 2.12. The highest BCUT2D eigenvalue weighted by molar-refractivity contribution is 5.64. The number of fused-ring (bicyclic) bond motifs is 1. The summed E-state index contributed by atoms with van der Waals surface area (Å²) in [5.41, 5.74) is 6.72. The minimum absolute atomic E-state index is 0.484. The van der Waals surface area contributed by atoms with Crippen molar-refractivity contribution in [3.8, 4) is 0 Å². The van der Waals surface area contributed by atoms with Gasteiger partial charge >= 0.3 is 0 Å². The van der Waals surface area contributed by atoms with Gasteiger partial charge in [-0.2, -0.15) is 0 Å². The zero-order valence-electron chi connectivity index (χ0n) is 9.06. The Morgan fingerprint density at radius 3 is 3.19 bits per heavy atom. The summed E-state index contributed by atoms with van der Waals surface area (Å²) in [5, 5.41) is 3.40. The van der Waals surface area contributed by atoms with Crippen LogP contribution in [0.25, 0.3) is 5.52 Å². The first-order valence-electron chi connectivity index (χ1n) is 5.64. The molecule has 1 saturated heterocycles. The lowest BCUT2D eigenvalue weighted by atomic mass is 9.99. The van der Waals surface area contributed by atoms with E-state index in [0.717, 1.165) is 24.4 Å². The topological polar surface area (TPSA) is 68.2 Å². The summed E-state index contributed by atoms with van der Waals surface area (Å²) in [7, 11) is 0. The van der Waals surface area contributed by atoms with Crippen LogP contribution in [0.1, 0.15) is 24.6 Å². The van der Waals surface area contributed by atoms with Crippen molar-refractivity contribution >= 4 is 11.3 Å². The van der Waals surface area contributed by atoms with Crippen molar-refractivity contribution in [2.75, 3.05) is 18.8 Å². The third-order valence-electron chi connectivity index (χ3n) is 3.18. The molecule has 0 saturated carbocycles. The molecule has 0 spiro atoms. The van der Waals surface area contributed by atoms with Gasteiger partial charge in [-0.1, -0.05) is 0 Å². The van der Waals surface area contributed by atoms with Crippen LogP contribution < -0.4 is 11.1 Å². The monoisotopic (exact) mass is 217 g/mol.